The summed E-state index contributed by atoms with van der Waals surface area (Å²) in [5.74, 6) is -0.620. The lowest BCUT2D eigenvalue weighted by molar-refractivity contribution is -0.116. The molecule has 1 aliphatic rings. The van der Waals surface area contributed by atoms with E-state index in [1.807, 2.05) is 6.92 Å². The van der Waals surface area contributed by atoms with Gasteiger partial charge in [0.2, 0.25) is 5.91 Å². The highest BCUT2D eigenvalue weighted by Gasteiger charge is 2.27. The standard InChI is InChI=1S/C16H22N2O4S/c1-3-7-12(19)17-15-13(14(20)18-16(21)22-4-2)10-8-5-6-9-11(10)23-15/h3-9H2,1-2H3,(H,17,19)(H,18,20,21). The highest BCUT2D eigenvalue weighted by Crippen LogP contribution is 2.38. The largest absolute Gasteiger partial charge is 0.450 e. The van der Waals surface area contributed by atoms with E-state index in [1.165, 1.54) is 11.3 Å². The second-order valence-corrected chi connectivity index (χ2v) is 6.49. The highest BCUT2D eigenvalue weighted by molar-refractivity contribution is 7.17. The molecule has 0 saturated heterocycles. The Labute approximate surface area is 139 Å². The lowest BCUT2D eigenvalue weighted by atomic mass is 9.95. The predicted octanol–water partition coefficient (Wildman–Crippen LogP) is 3.25. The first-order valence-electron chi connectivity index (χ1n) is 7.99. The van der Waals surface area contributed by atoms with Crippen LogP contribution < -0.4 is 10.6 Å². The highest BCUT2D eigenvalue weighted by atomic mass is 32.1. The van der Waals surface area contributed by atoms with Crippen LogP contribution in [0.3, 0.4) is 0 Å². The van der Waals surface area contributed by atoms with Gasteiger partial charge in [-0.2, -0.15) is 0 Å². The molecule has 7 heteroatoms. The average molecular weight is 338 g/mol. The molecule has 23 heavy (non-hydrogen) atoms. The Morgan fingerprint density at radius 1 is 1.17 bits per heavy atom. The minimum atomic E-state index is -0.765. The molecule has 0 radical (unpaired) electrons. The summed E-state index contributed by atoms with van der Waals surface area (Å²) in [7, 11) is 0. The predicted molar refractivity (Wildman–Crippen MR) is 89.0 cm³/mol. The molecule has 0 fully saturated rings. The van der Waals surface area contributed by atoms with E-state index in [2.05, 4.69) is 10.6 Å². The Balaban J connectivity index is 2.27. The number of thiophene rings is 1. The second-order valence-electron chi connectivity index (χ2n) is 5.39. The Bertz CT molecular complexity index is 609. The molecule has 6 nitrogen and oxygen atoms in total. The van der Waals surface area contributed by atoms with Crippen LogP contribution in [0.2, 0.25) is 0 Å². The molecule has 0 saturated carbocycles. The Morgan fingerprint density at radius 3 is 2.61 bits per heavy atom. The van der Waals surface area contributed by atoms with E-state index in [0.29, 0.717) is 17.0 Å². The third-order valence-electron chi connectivity index (χ3n) is 3.62. The molecule has 0 aromatic carbocycles. The summed E-state index contributed by atoms with van der Waals surface area (Å²) in [6, 6.07) is 0. The quantitative estimate of drug-likeness (QED) is 0.863. The molecule has 0 atom stereocenters. The summed E-state index contributed by atoms with van der Waals surface area (Å²) in [5.41, 5.74) is 1.37. The topological polar surface area (TPSA) is 84.5 Å². The van der Waals surface area contributed by atoms with Crippen LogP contribution in [-0.2, 0) is 22.4 Å². The van der Waals surface area contributed by atoms with Gasteiger partial charge >= 0.3 is 6.09 Å². The summed E-state index contributed by atoms with van der Waals surface area (Å²) in [5, 5.41) is 5.59. The molecule has 1 heterocycles. The van der Waals surface area contributed by atoms with Gasteiger partial charge in [-0.05, 0) is 44.6 Å². The molecule has 1 aliphatic carbocycles. The van der Waals surface area contributed by atoms with E-state index >= 15 is 0 Å². The Morgan fingerprint density at radius 2 is 1.91 bits per heavy atom. The van der Waals surface area contributed by atoms with E-state index in [4.69, 9.17) is 4.74 Å². The fourth-order valence-electron chi connectivity index (χ4n) is 2.63. The first-order chi connectivity index (χ1) is 11.1. The maximum absolute atomic E-state index is 12.5. The van der Waals surface area contributed by atoms with Crippen LogP contribution in [0.15, 0.2) is 0 Å². The number of fused-ring (bicyclic) bond motifs is 1. The zero-order chi connectivity index (χ0) is 16.8. The number of hydrogen-bond acceptors (Lipinski definition) is 5. The zero-order valence-corrected chi connectivity index (χ0v) is 14.3. The minimum absolute atomic E-state index is 0.115. The molecule has 0 bridgehead atoms. The van der Waals surface area contributed by atoms with Crippen LogP contribution in [0.4, 0.5) is 9.80 Å². The molecular weight excluding hydrogens is 316 g/mol. The van der Waals surface area contributed by atoms with Crippen LogP contribution in [-0.4, -0.2) is 24.5 Å². The molecule has 126 valence electrons. The number of carbonyl (C=O) groups is 3. The minimum Gasteiger partial charge on any atom is -0.450 e. The van der Waals surface area contributed by atoms with Gasteiger partial charge in [0.1, 0.15) is 5.00 Å². The third kappa shape index (κ3) is 4.31. The molecule has 1 aromatic rings. The maximum Gasteiger partial charge on any atom is 0.414 e. The van der Waals surface area contributed by atoms with Crippen molar-refractivity contribution < 1.29 is 19.1 Å². The molecule has 0 aliphatic heterocycles. The number of alkyl carbamates (subject to hydrolysis) is 1. The van der Waals surface area contributed by atoms with Crippen LogP contribution in [0, 0.1) is 0 Å². The lowest BCUT2D eigenvalue weighted by Gasteiger charge is -2.12. The molecule has 1 aromatic heterocycles. The van der Waals surface area contributed by atoms with Crippen LogP contribution in [0.25, 0.3) is 0 Å². The zero-order valence-electron chi connectivity index (χ0n) is 13.5. The molecule has 2 N–H and O–H groups in total. The number of amides is 3. The van der Waals surface area contributed by atoms with Gasteiger partial charge < -0.3 is 10.1 Å². The van der Waals surface area contributed by atoms with Gasteiger partial charge in [-0.25, -0.2) is 4.79 Å². The van der Waals surface area contributed by atoms with Crippen molar-refractivity contribution in [1.82, 2.24) is 5.32 Å². The van der Waals surface area contributed by atoms with Gasteiger partial charge in [0, 0.05) is 11.3 Å². The third-order valence-corrected chi connectivity index (χ3v) is 4.83. The van der Waals surface area contributed by atoms with E-state index in [0.717, 1.165) is 42.5 Å². The first kappa shape index (κ1) is 17.5. The molecular formula is C16H22N2O4S. The summed E-state index contributed by atoms with van der Waals surface area (Å²) < 4.78 is 4.76. The van der Waals surface area contributed by atoms with E-state index in [1.54, 1.807) is 6.92 Å². The normalized spacial score (nSPS) is 13.1. The SMILES string of the molecule is CCCC(=O)Nc1sc2c(c1C(=O)NC(=O)OCC)CCCC2. The van der Waals surface area contributed by atoms with Gasteiger partial charge in [-0.15, -0.1) is 11.3 Å². The van der Waals surface area contributed by atoms with Crippen molar-refractivity contribution in [2.24, 2.45) is 0 Å². The fraction of sp³-hybridized carbons (Fsp3) is 0.562. The summed E-state index contributed by atoms with van der Waals surface area (Å²) in [6.45, 7) is 3.79. The van der Waals surface area contributed by atoms with E-state index < -0.39 is 12.0 Å². The van der Waals surface area contributed by atoms with E-state index in [-0.39, 0.29) is 12.5 Å². The van der Waals surface area contributed by atoms with Crippen molar-refractivity contribution in [2.45, 2.75) is 52.4 Å². The number of rotatable bonds is 5. The van der Waals surface area contributed by atoms with Crippen molar-refractivity contribution in [1.29, 1.82) is 0 Å². The smallest absolute Gasteiger partial charge is 0.414 e. The van der Waals surface area contributed by atoms with Gasteiger partial charge in [0.05, 0.1) is 12.2 Å². The monoisotopic (exact) mass is 338 g/mol. The summed E-state index contributed by atoms with van der Waals surface area (Å²) in [4.78, 5) is 37.0. The number of ether oxygens (including phenoxy) is 1. The molecule has 0 unspecified atom stereocenters. The maximum atomic E-state index is 12.5. The average Bonchev–Trinajstić information content (AvgIpc) is 2.85. The summed E-state index contributed by atoms with van der Waals surface area (Å²) >= 11 is 1.44. The van der Waals surface area contributed by atoms with Gasteiger partial charge in [-0.1, -0.05) is 6.92 Å². The van der Waals surface area contributed by atoms with Gasteiger partial charge in [0.25, 0.3) is 5.91 Å². The molecule has 2 rings (SSSR count). The van der Waals surface area contributed by atoms with Crippen molar-refractivity contribution in [3.05, 3.63) is 16.0 Å². The van der Waals surface area contributed by atoms with Crippen LogP contribution >= 0.6 is 11.3 Å². The number of carbonyl (C=O) groups excluding carboxylic acids is 3. The lowest BCUT2D eigenvalue weighted by Crippen LogP contribution is -2.32. The summed E-state index contributed by atoms with van der Waals surface area (Å²) in [6.07, 6.45) is 4.16. The van der Waals surface area contributed by atoms with Gasteiger partial charge in [0.15, 0.2) is 0 Å². The van der Waals surface area contributed by atoms with Crippen LogP contribution in [0.1, 0.15) is 60.3 Å². The van der Waals surface area contributed by atoms with Crippen molar-refractivity contribution in [2.75, 3.05) is 11.9 Å². The van der Waals surface area contributed by atoms with Gasteiger partial charge in [-0.3, -0.25) is 14.9 Å². The number of hydrogen-bond donors (Lipinski definition) is 2. The molecule has 3 amide bonds. The van der Waals surface area contributed by atoms with E-state index in [9.17, 15) is 14.4 Å². The first-order valence-corrected chi connectivity index (χ1v) is 8.80. The van der Waals surface area contributed by atoms with Crippen molar-refractivity contribution >= 4 is 34.2 Å². The Kier molecular flexibility index (Phi) is 6.15. The number of imide groups is 1. The van der Waals surface area contributed by atoms with Crippen molar-refractivity contribution in [3.63, 3.8) is 0 Å². The Hall–Kier alpha value is -1.89. The number of aryl methyl sites for hydroxylation is 1. The fourth-order valence-corrected chi connectivity index (χ4v) is 3.94. The van der Waals surface area contributed by atoms with Crippen molar-refractivity contribution in [3.8, 4) is 0 Å². The number of anilines is 1. The molecule has 0 spiro atoms. The second kappa shape index (κ2) is 8.10. The van der Waals surface area contributed by atoms with Crippen LogP contribution in [0.5, 0.6) is 0 Å². The number of nitrogens with one attached hydrogen (secondary N) is 2.